The predicted molar refractivity (Wildman–Crippen MR) is 117 cm³/mol. The van der Waals surface area contributed by atoms with Crippen LogP contribution in [0.4, 0.5) is 5.69 Å². The summed E-state index contributed by atoms with van der Waals surface area (Å²) in [5, 5.41) is 0. The molecule has 1 fully saturated rings. The van der Waals surface area contributed by atoms with E-state index in [2.05, 4.69) is 97.4 Å². The normalized spacial score (nSPS) is 27.2. The van der Waals surface area contributed by atoms with Gasteiger partial charge < -0.3 is 9.80 Å². The van der Waals surface area contributed by atoms with Crippen molar-refractivity contribution in [3.05, 3.63) is 89.4 Å². The van der Waals surface area contributed by atoms with Crippen molar-refractivity contribution in [3.63, 3.8) is 0 Å². The number of rotatable bonds is 3. The summed E-state index contributed by atoms with van der Waals surface area (Å²) in [7, 11) is 0. The molecule has 2 aliphatic heterocycles. The van der Waals surface area contributed by atoms with Gasteiger partial charge >= 0.3 is 0 Å². The SMILES string of the molecule is CC1=C2N(C=CC2(C)c2ccccc2)C(C2CCCC2)N1c1ccccc1C. The molecular weight excluding hydrogens is 340 g/mol. The fourth-order valence-electron chi connectivity index (χ4n) is 5.74. The number of benzene rings is 2. The van der Waals surface area contributed by atoms with Crippen LogP contribution in [0.1, 0.15) is 50.7 Å². The Kier molecular flexibility index (Phi) is 4.12. The van der Waals surface area contributed by atoms with E-state index in [-0.39, 0.29) is 5.41 Å². The summed E-state index contributed by atoms with van der Waals surface area (Å²) in [5.41, 5.74) is 6.89. The molecule has 144 valence electrons. The first-order valence-corrected chi connectivity index (χ1v) is 10.7. The quantitative estimate of drug-likeness (QED) is 0.621. The molecule has 0 spiro atoms. The van der Waals surface area contributed by atoms with Crippen molar-refractivity contribution >= 4 is 5.69 Å². The minimum absolute atomic E-state index is 0.0698. The van der Waals surface area contributed by atoms with Crippen molar-refractivity contribution in [1.29, 1.82) is 0 Å². The molecule has 1 aliphatic carbocycles. The predicted octanol–water partition coefficient (Wildman–Crippen LogP) is 6.35. The number of hydrogen-bond donors (Lipinski definition) is 0. The molecule has 2 atom stereocenters. The Morgan fingerprint density at radius 2 is 1.57 bits per heavy atom. The van der Waals surface area contributed by atoms with E-state index in [1.54, 1.807) is 0 Å². The van der Waals surface area contributed by atoms with Crippen LogP contribution in [0, 0.1) is 12.8 Å². The van der Waals surface area contributed by atoms with Crippen LogP contribution < -0.4 is 4.90 Å². The molecule has 0 N–H and O–H groups in total. The van der Waals surface area contributed by atoms with Gasteiger partial charge in [-0.2, -0.15) is 0 Å². The lowest BCUT2D eigenvalue weighted by Gasteiger charge is -2.37. The van der Waals surface area contributed by atoms with Crippen LogP contribution in [-0.2, 0) is 5.41 Å². The Hall–Kier alpha value is -2.48. The molecule has 0 radical (unpaired) electrons. The summed E-state index contributed by atoms with van der Waals surface area (Å²) in [6.07, 6.45) is 10.6. The van der Waals surface area contributed by atoms with Gasteiger partial charge in [0.2, 0.25) is 0 Å². The Morgan fingerprint density at radius 3 is 2.29 bits per heavy atom. The van der Waals surface area contributed by atoms with Gasteiger partial charge in [-0.15, -0.1) is 0 Å². The third-order valence-electron chi connectivity index (χ3n) is 7.14. The van der Waals surface area contributed by atoms with Gasteiger partial charge in [-0.1, -0.05) is 67.4 Å². The van der Waals surface area contributed by atoms with E-state index in [1.807, 2.05) is 0 Å². The summed E-state index contributed by atoms with van der Waals surface area (Å²) >= 11 is 0. The van der Waals surface area contributed by atoms with Crippen molar-refractivity contribution < 1.29 is 0 Å². The van der Waals surface area contributed by atoms with Crippen molar-refractivity contribution in [1.82, 2.24) is 4.90 Å². The molecule has 2 nitrogen and oxygen atoms in total. The maximum absolute atomic E-state index is 2.64. The standard InChI is InChI=1S/C26H30N2/c1-19-11-7-10-16-23(19)28-20(2)24-26(3,22-14-5-4-6-15-22)17-18-27(24)25(28)21-12-8-9-13-21/h4-7,10-11,14-18,21,25H,8-9,12-13H2,1-3H3. The average molecular weight is 371 g/mol. The van der Waals surface area contributed by atoms with Crippen LogP contribution in [-0.4, -0.2) is 11.1 Å². The number of nitrogens with zero attached hydrogens (tertiary/aromatic N) is 2. The highest BCUT2D eigenvalue weighted by atomic mass is 15.4. The molecule has 0 aromatic heterocycles. The molecule has 0 amide bonds. The summed E-state index contributed by atoms with van der Waals surface area (Å²) in [6, 6.07) is 19.9. The Morgan fingerprint density at radius 1 is 0.893 bits per heavy atom. The van der Waals surface area contributed by atoms with Gasteiger partial charge in [0, 0.05) is 17.6 Å². The van der Waals surface area contributed by atoms with Crippen LogP contribution in [0.15, 0.2) is 78.3 Å². The van der Waals surface area contributed by atoms with E-state index >= 15 is 0 Å². The molecule has 28 heavy (non-hydrogen) atoms. The van der Waals surface area contributed by atoms with E-state index in [0.29, 0.717) is 6.17 Å². The second kappa shape index (κ2) is 6.55. The first kappa shape index (κ1) is 17.6. The Labute approximate surface area is 169 Å². The van der Waals surface area contributed by atoms with Gasteiger partial charge in [0.1, 0.15) is 6.17 Å². The molecule has 0 saturated heterocycles. The summed E-state index contributed by atoms with van der Waals surface area (Å²) < 4.78 is 0. The van der Waals surface area contributed by atoms with E-state index in [1.165, 1.54) is 53.9 Å². The Bertz CT molecular complexity index is 936. The topological polar surface area (TPSA) is 6.48 Å². The summed E-state index contributed by atoms with van der Waals surface area (Å²) in [5.74, 6) is 0.717. The van der Waals surface area contributed by atoms with Crippen molar-refractivity contribution in [2.75, 3.05) is 4.90 Å². The van der Waals surface area contributed by atoms with Crippen molar-refractivity contribution in [3.8, 4) is 0 Å². The molecular formula is C26H30N2. The fraction of sp³-hybridized carbons (Fsp3) is 0.385. The molecule has 3 aliphatic rings. The molecule has 2 aromatic carbocycles. The van der Waals surface area contributed by atoms with Crippen LogP contribution >= 0.6 is 0 Å². The van der Waals surface area contributed by atoms with Crippen LogP contribution in [0.3, 0.4) is 0 Å². The molecule has 2 heterocycles. The lowest BCUT2D eigenvalue weighted by atomic mass is 9.80. The van der Waals surface area contributed by atoms with Gasteiger partial charge in [0.05, 0.1) is 11.1 Å². The summed E-state index contributed by atoms with van der Waals surface area (Å²) in [4.78, 5) is 5.25. The minimum atomic E-state index is -0.0698. The first-order chi connectivity index (χ1) is 13.6. The molecule has 2 unspecified atom stereocenters. The maximum Gasteiger partial charge on any atom is 0.113 e. The zero-order valence-corrected chi connectivity index (χ0v) is 17.2. The molecule has 2 aromatic rings. The van der Waals surface area contributed by atoms with Crippen LogP contribution in [0.5, 0.6) is 0 Å². The second-order valence-corrected chi connectivity index (χ2v) is 8.84. The smallest absolute Gasteiger partial charge is 0.113 e. The summed E-state index contributed by atoms with van der Waals surface area (Å²) in [6.45, 7) is 6.96. The lowest BCUT2D eigenvalue weighted by molar-refractivity contribution is 0.264. The molecule has 0 bridgehead atoms. The largest absolute Gasteiger partial charge is 0.328 e. The van der Waals surface area contributed by atoms with E-state index in [9.17, 15) is 0 Å². The van der Waals surface area contributed by atoms with Gasteiger partial charge in [0.25, 0.3) is 0 Å². The van der Waals surface area contributed by atoms with Gasteiger partial charge in [-0.05, 0) is 56.7 Å². The first-order valence-electron chi connectivity index (χ1n) is 10.7. The highest BCUT2D eigenvalue weighted by Crippen LogP contribution is 2.52. The molecule has 2 heteroatoms. The number of anilines is 1. The number of para-hydroxylation sites is 1. The van der Waals surface area contributed by atoms with Crippen LogP contribution in [0.2, 0.25) is 0 Å². The van der Waals surface area contributed by atoms with E-state index < -0.39 is 0 Å². The third-order valence-corrected chi connectivity index (χ3v) is 7.14. The zero-order chi connectivity index (χ0) is 19.3. The number of hydrogen-bond acceptors (Lipinski definition) is 2. The lowest BCUT2D eigenvalue weighted by Crippen LogP contribution is -2.43. The number of aryl methyl sites for hydroxylation is 1. The van der Waals surface area contributed by atoms with Gasteiger partial charge in [-0.25, -0.2) is 0 Å². The second-order valence-electron chi connectivity index (χ2n) is 8.84. The number of fused-ring (bicyclic) bond motifs is 1. The van der Waals surface area contributed by atoms with Crippen LogP contribution in [0.25, 0.3) is 0 Å². The third kappa shape index (κ3) is 2.47. The Balaban J connectivity index is 1.66. The molecule has 5 rings (SSSR count). The fourth-order valence-corrected chi connectivity index (χ4v) is 5.74. The highest BCUT2D eigenvalue weighted by molar-refractivity contribution is 5.64. The van der Waals surface area contributed by atoms with E-state index in [0.717, 1.165) is 5.92 Å². The van der Waals surface area contributed by atoms with E-state index in [4.69, 9.17) is 0 Å². The highest BCUT2D eigenvalue weighted by Gasteiger charge is 2.50. The average Bonchev–Trinajstić information content (AvgIpc) is 3.42. The van der Waals surface area contributed by atoms with Gasteiger partial charge in [0.15, 0.2) is 0 Å². The van der Waals surface area contributed by atoms with Crippen molar-refractivity contribution in [2.24, 2.45) is 5.92 Å². The van der Waals surface area contributed by atoms with Crippen molar-refractivity contribution in [2.45, 2.75) is 58.0 Å². The zero-order valence-electron chi connectivity index (χ0n) is 17.2. The minimum Gasteiger partial charge on any atom is -0.328 e. The van der Waals surface area contributed by atoms with Gasteiger partial charge in [-0.3, -0.25) is 0 Å². The monoisotopic (exact) mass is 370 g/mol. The maximum atomic E-state index is 2.64. The number of allylic oxidation sites excluding steroid dienone is 2. The molecule has 1 saturated carbocycles.